The fourth-order valence-electron chi connectivity index (χ4n) is 2.89. The van der Waals surface area contributed by atoms with Crippen molar-refractivity contribution in [2.45, 2.75) is 37.5 Å². The summed E-state index contributed by atoms with van der Waals surface area (Å²) in [6.07, 6.45) is 1.24. The molecule has 0 spiro atoms. The number of carbonyl (C=O) groups is 1. The fraction of sp³-hybridized carbons (Fsp3) is 0.562. The number of hydrogen-bond donors (Lipinski definition) is 2. The largest absolute Gasteiger partial charge is 0.495 e. The Kier molecular flexibility index (Phi) is 5.84. The molecule has 0 radical (unpaired) electrons. The van der Waals surface area contributed by atoms with E-state index in [1.54, 1.807) is 12.1 Å². The van der Waals surface area contributed by atoms with Crippen molar-refractivity contribution in [2.24, 2.45) is 11.8 Å². The average Bonchev–Trinajstić information content (AvgIpc) is 2.60. The molecule has 0 aliphatic carbocycles. The maximum absolute atomic E-state index is 13.1. The van der Waals surface area contributed by atoms with Gasteiger partial charge in [0.2, 0.25) is 15.9 Å². The molecule has 0 saturated carbocycles. The van der Waals surface area contributed by atoms with Gasteiger partial charge in [-0.3, -0.25) is 10.2 Å². The Morgan fingerprint density at radius 2 is 2.12 bits per heavy atom. The summed E-state index contributed by atoms with van der Waals surface area (Å²) in [5.74, 6) is 4.92. The van der Waals surface area contributed by atoms with Crippen LogP contribution in [0.15, 0.2) is 23.1 Å². The van der Waals surface area contributed by atoms with Crippen LogP contribution < -0.4 is 16.0 Å². The predicted octanol–water partition coefficient (Wildman–Crippen LogP) is 1.21. The van der Waals surface area contributed by atoms with E-state index in [1.165, 1.54) is 11.4 Å². The Morgan fingerprint density at radius 3 is 2.71 bits per heavy atom. The third-order valence-corrected chi connectivity index (χ3v) is 6.26. The number of hydrazine groups is 1. The molecule has 1 aromatic carbocycles. The number of piperidine rings is 1. The van der Waals surface area contributed by atoms with Crippen LogP contribution in [0.5, 0.6) is 5.75 Å². The third kappa shape index (κ3) is 3.71. The van der Waals surface area contributed by atoms with E-state index in [9.17, 15) is 13.2 Å². The summed E-state index contributed by atoms with van der Waals surface area (Å²) in [5.41, 5.74) is 3.03. The quantitative estimate of drug-likeness (QED) is 0.470. The number of nitrogens with two attached hydrogens (primary N) is 1. The number of sulfonamides is 1. The average molecular weight is 355 g/mol. The summed E-state index contributed by atoms with van der Waals surface area (Å²) >= 11 is 0. The predicted molar refractivity (Wildman–Crippen MR) is 90.9 cm³/mol. The molecule has 2 rings (SSSR count). The van der Waals surface area contributed by atoms with E-state index in [0.29, 0.717) is 25.1 Å². The normalized spacial score (nSPS) is 19.3. The minimum absolute atomic E-state index is 0.125. The molecule has 7 nitrogen and oxygen atoms in total. The SMILES string of the molecule is COc1ccc(C(C)C)cc1S(=O)(=O)N1CCC[C@@H](C(=O)NN)C1. The lowest BCUT2D eigenvalue weighted by Gasteiger charge is -2.31. The second kappa shape index (κ2) is 7.50. The maximum atomic E-state index is 13.1. The van der Waals surface area contributed by atoms with Gasteiger partial charge in [-0.15, -0.1) is 0 Å². The summed E-state index contributed by atoms with van der Waals surface area (Å²) < 4.78 is 32.8. The molecule has 1 fully saturated rings. The zero-order valence-electron chi connectivity index (χ0n) is 14.3. The minimum atomic E-state index is -3.75. The topological polar surface area (TPSA) is 102 Å². The first-order valence-corrected chi connectivity index (χ1v) is 9.43. The van der Waals surface area contributed by atoms with Gasteiger partial charge in [0.05, 0.1) is 13.0 Å². The molecular weight excluding hydrogens is 330 g/mol. The van der Waals surface area contributed by atoms with Crippen molar-refractivity contribution in [1.29, 1.82) is 0 Å². The van der Waals surface area contributed by atoms with Gasteiger partial charge in [-0.1, -0.05) is 19.9 Å². The lowest BCUT2D eigenvalue weighted by molar-refractivity contribution is -0.126. The molecule has 1 amide bonds. The number of methoxy groups -OCH3 is 1. The standard InChI is InChI=1S/C16H25N3O4S/c1-11(2)12-6-7-14(23-3)15(9-12)24(21,22)19-8-4-5-13(10-19)16(20)18-17/h6-7,9,11,13H,4-5,8,10,17H2,1-3H3,(H,18,20)/t13-/m1/s1. The minimum Gasteiger partial charge on any atom is -0.495 e. The second-order valence-electron chi connectivity index (χ2n) is 6.28. The molecule has 1 saturated heterocycles. The van der Waals surface area contributed by atoms with Gasteiger partial charge in [0.15, 0.2) is 0 Å². The van der Waals surface area contributed by atoms with E-state index in [1.807, 2.05) is 19.9 Å². The fourth-order valence-corrected chi connectivity index (χ4v) is 4.60. The zero-order valence-corrected chi connectivity index (χ0v) is 15.1. The molecular formula is C16H25N3O4S. The Bertz CT molecular complexity index is 703. The van der Waals surface area contributed by atoms with E-state index in [4.69, 9.17) is 10.6 Å². The smallest absolute Gasteiger partial charge is 0.246 e. The zero-order chi connectivity index (χ0) is 17.9. The summed E-state index contributed by atoms with van der Waals surface area (Å²) in [6.45, 7) is 4.51. The molecule has 134 valence electrons. The van der Waals surface area contributed by atoms with Gasteiger partial charge in [0.25, 0.3) is 0 Å². The van der Waals surface area contributed by atoms with Crippen LogP contribution in [0.2, 0.25) is 0 Å². The molecule has 0 bridgehead atoms. The van der Waals surface area contributed by atoms with Crippen molar-refractivity contribution in [3.8, 4) is 5.75 Å². The van der Waals surface area contributed by atoms with Crippen LogP contribution in [0.25, 0.3) is 0 Å². The molecule has 1 aliphatic rings. The van der Waals surface area contributed by atoms with Crippen LogP contribution in [0, 0.1) is 5.92 Å². The van der Waals surface area contributed by atoms with Crippen molar-refractivity contribution in [2.75, 3.05) is 20.2 Å². The van der Waals surface area contributed by atoms with Gasteiger partial charge in [0, 0.05) is 13.1 Å². The summed E-state index contributed by atoms with van der Waals surface area (Å²) in [5, 5.41) is 0. The molecule has 1 aliphatic heterocycles. The van der Waals surface area contributed by atoms with Crippen LogP contribution in [-0.2, 0) is 14.8 Å². The van der Waals surface area contributed by atoms with Crippen LogP contribution in [-0.4, -0.2) is 38.8 Å². The lowest BCUT2D eigenvalue weighted by atomic mass is 9.99. The number of nitrogens with zero attached hydrogens (tertiary/aromatic N) is 1. The Morgan fingerprint density at radius 1 is 1.42 bits per heavy atom. The molecule has 3 N–H and O–H groups in total. The van der Waals surface area contributed by atoms with E-state index < -0.39 is 15.9 Å². The van der Waals surface area contributed by atoms with Crippen molar-refractivity contribution in [1.82, 2.24) is 9.73 Å². The molecule has 0 unspecified atom stereocenters. The van der Waals surface area contributed by atoms with Gasteiger partial charge >= 0.3 is 0 Å². The third-order valence-electron chi connectivity index (χ3n) is 4.37. The Labute approximate surface area is 143 Å². The van der Waals surface area contributed by atoms with E-state index in [0.717, 1.165) is 5.56 Å². The number of hydrogen-bond acceptors (Lipinski definition) is 5. The van der Waals surface area contributed by atoms with Gasteiger partial charge in [-0.2, -0.15) is 4.31 Å². The maximum Gasteiger partial charge on any atom is 0.246 e. The van der Waals surface area contributed by atoms with E-state index in [2.05, 4.69) is 5.43 Å². The molecule has 24 heavy (non-hydrogen) atoms. The highest BCUT2D eigenvalue weighted by Gasteiger charge is 2.34. The first-order chi connectivity index (χ1) is 11.3. The number of ether oxygens (including phenoxy) is 1. The number of benzene rings is 1. The van der Waals surface area contributed by atoms with Gasteiger partial charge in [0.1, 0.15) is 10.6 Å². The van der Waals surface area contributed by atoms with Gasteiger partial charge in [-0.05, 0) is 36.5 Å². The second-order valence-corrected chi connectivity index (χ2v) is 8.18. The highest BCUT2D eigenvalue weighted by atomic mass is 32.2. The molecule has 0 aromatic heterocycles. The molecule has 1 atom stereocenters. The molecule has 8 heteroatoms. The molecule has 1 aromatic rings. The summed E-state index contributed by atoms with van der Waals surface area (Å²) in [7, 11) is -2.30. The Hall–Kier alpha value is -1.64. The number of rotatable bonds is 5. The van der Waals surface area contributed by atoms with Gasteiger partial charge in [-0.25, -0.2) is 14.3 Å². The van der Waals surface area contributed by atoms with Crippen molar-refractivity contribution in [3.63, 3.8) is 0 Å². The number of carbonyl (C=O) groups excluding carboxylic acids is 1. The monoisotopic (exact) mass is 355 g/mol. The highest BCUT2D eigenvalue weighted by Crippen LogP contribution is 2.32. The van der Waals surface area contributed by atoms with Crippen molar-refractivity contribution >= 4 is 15.9 Å². The van der Waals surface area contributed by atoms with Crippen molar-refractivity contribution in [3.05, 3.63) is 23.8 Å². The summed E-state index contributed by atoms with van der Waals surface area (Å²) in [6, 6.07) is 5.20. The van der Waals surface area contributed by atoms with Crippen molar-refractivity contribution < 1.29 is 17.9 Å². The van der Waals surface area contributed by atoms with Crippen LogP contribution >= 0.6 is 0 Å². The number of amides is 1. The highest BCUT2D eigenvalue weighted by molar-refractivity contribution is 7.89. The first-order valence-electron chi connectivity index (χ1n) is 7.99. The summed E-state index contributed by atoms with van der Waals surface area (Å²) in [4.78, 5) is 11.9. The van der Waals surface area contributed by atoms with Crippen LogP contribution in [0.3, 0.4) is 0 Å². The number of nitrogens with one attached hydrogen (secondary N) is 1. The lowest BCUT2D eigenvalue weighted by Crippen LogP contribution is -2.46. The van der Waals surface area contributed by atoms with E-state index in [-0.39, 0.29) is 23.3 Å². The van der Waals surface area contributed by atoms with E-state index >= 15 is 0 Å². The molecule has 1 heterocycles. The van der Waals surface area contributed by atoms with Crippen LogP contribution in [0.1, 0.15) is 38.2 Å². The van der Waals surface area contributed by atoms with Gasteiger partial charge < -0.3 is 4.74 Å². The Balaban J connectivity index is 2.39. The first kappa shape index (κ1) is 18.7. The van der Waals surface area contributed by atoms with Crippen LogP contribution in [0.4, 0.5) is 0 Å².